The fourth-order valence-corrected chi connectivity index (χ4v) is 3.96. The van der Waals surface area contributed by atoms with Gasteiger partial charge < -0.3 is 0 Å². The Bertz CT molecular complexity index is 553. The lowest BCUT2D eigenvalue weighted by Crippen LogP contribution is -2.25. The average molecular weight is 277 g/mol. The van der Waals surface area contributed by atoms with Crippen molar-refractivity contribution >= 4 is 0 Å². The highest BCUT2D eigenvalue weighted by Crippen LogP contribution is 2.53. The Labute approximate surface area is 129 Å². The van der Waals surface area contributed by atoms with Crippen LogP contribution in [0.1, 0.15) is 63.5 Å². The summed E-state index contributed by atoms with van der Waals surface area (Å²) < 4.78 is 0. The largest absolute Gasteiger partial charge is 0.0654 e. The van der Waals surface area contributed by atoms with E-state index in [0.29, 0.717) is 0 Å². The standard InChI is InChI=1S/C21H25/c1-3-5-15-21(16-6-4-2)19-13-9-7-11-17(19)18-12-8-10-14-20(18)21/h7-9,11-14H,3-6,15-16H2,1-2H3. The van der Waals surface area contributed by atoms with Gasteiger partial charge in [-0.05, 0) is 47.2 Å². The normalized spacial score (nSPS) is 14.8. The van der Waals surface area contributed by atoms with E-state index in [2.05, 4.69) is 62.4 Å². The van der Waals surface area contributed by atoms with E-state index in [1.807, 2.05) is 0 Å². The van der Waals surface area contributed by atoms with Crippen molar-refractivity contribution in [3.63, 3.8) is 0 Å². The summed E-state index contributed by atoms with van der Waals surface area (Å²) in [5, 5.41) is 0. The zero-order chi connectivity index (χ0) is 14.7. The fraction of sp³-hybridized carbons (Fsp3) is 0.429. The maximum Gasteiger partial charge on any atom is 0.0215 e. The van der Waals surface area contributed by atoms with Gasteiger partial charge in [-0.3, -0.25) is 0 Å². The van der Waals surface area contributed by atoms with E-state index >= 15 is 0 Å². The van der Waals surface area contributed by atoms with E-state index < -0.39 is 0 Å². The van der Waals surface area contributed by atoms with Gasteiger partial charge in [-0.25, -0.2) is 0 Å². The Kier molecular flexibility index (Phi) is 4.14. The quantitative estimate of drug-likeness (QED) is 0.595. The first-order chi connectivity index (χ1) is 10.3. The van der Waals surface area contributed by atoms with E-state index in [0.717, 1.165) is 0 Å². The summed E-state index contributed by atoms with van der Waals surface area (Å²) in [7, 11) is 0. The minimum atomic E-state index is 0.232. The lowest BCUT2D eigenvalue weighted by atomic mass is 9.71. The second-order valence-corrected chi connectivity index (χ2v) is 6.31. The predicted molar refractivity (Wildman–Crippen MR) is 90.5 cm³/mol. The highest BCUT2D eigenvalue weighted by molar-refractivity contribution is 5.80. The molecule has 0 saturated carbocycles. The molecule has 0 nitrogen and oxygen atoms in total. The van der Waals surface area contributed by atoms with Crippen LogP contribution in [0.4, 0.5) is 0 Å². The molecule has 0 saturated heterocycles. The molecule has 0 bridgehead atoms. The van der Waals surface area contributed by atoms with Crippen LogP contribution >= 0.6 is 0 Å². The first-order valence-electron chi connectivity index (χ1n) is 8.44. The lowest BCUT2D eigenvalue weighted by molar-refractivity contribution is 0.414. The molecular formula is C21H25. The third kappa shape index (κ3) is 2.31. The molecule has 2 aromatic carbocycles. The fourth-order valence-electron chi connectivity index (χ4n) is 3.96. The number of benzene rings is 2. The summed E-state index contributed by atoms with van der Waals surface area (Å²) in [4.78, 5) is 0. The molecule has 0 aromatic heterocycles. The van der Waals surface area contributed by atoms with Crippen molar-refractivity contribution in [1.82, 2.24) is 0 Å². The summed E-state index contributed by atoms with van der Waals surface area (Å²) in [5.41, 5.74) is 6.20. The number of unbranched alkanes of at least 4 members (excludes halogenated alkanes) is 2. The van der Waals surface area contributed by atoms with Crippen molar-refractivity contribution in [2.75, 3.05) is 0 Å². The molecule has 1 aliphatic rings. The molecule has 0 aliphatic heterocycles. The van der Waals surface area contributed by atoms with Crippen LogP contribution in [0.25, 0.3) is 11.1 Å². The molecule has 3 rings (SSSR count). The smallest absolute Gasteiger partial charge is 0.0215 e. The summed E-state index contributed by atoms with van der Waals surface area (Å²) in [6.45, 7) is 4.60. The van der Waals surface area contributed by atoms with Crippen LogP contribution in [-0.4, -0.2) is 0 Å². The molecule has 0 unspecified atom stereocenters. The van der Waals surface area contributed by atoms with Gasteiger partial charge >= 0.3 is 0 Å². The van der Waals surface area contributed by atoms with Crippen molar-refractivity contribution in [3.05, 3.63) is 59.7 Å². The Morgan fingerprint density at radius 2 is 1.52 bits per heavy atom. The van der Waals surface area contributed by atoms with Crippen LogP contribution < -0.4 is 0 Å². The first kappa shape index (κ1) is 14.4. The van der Waals surface area contributed by atoms with Gasteiger partial charge in [0.1, 0.15) is 0 Å². The number of hydrogen-bond donors (Lipinski definition) is 0. The predicted octanol–water partition coefficient (Wildman–Crippen LogP) is 6.13. The molecule has 0 amide bonds. The van der Waals surface area contributed by atoms with Gasteiger partial charge in [0, 0.05) is 5.41 Å². The summed E-state index contributed by atoms with van der Waals surface area (Å²) in [6.07, 6.45) is 7.67. The van der Waals surface area contributed by atoms with Gasteiger partial charge in [0.05, 0.1) is 0 Å². The molecule has 2 aromatic rings. The van der Waals surface area contributed by atoms with Crippen molar-refractivity contribution in [2.45, 2.75) is 57.8 Å². The molecule has 0 fully saturated rings. The van der Waals surface area contributed by atoms with Crippen LogP contribution in [0.2, 0.25) is 0 Å². The summed E-state index contributed by atoms with van der Waals surface area (Å²) >= 11 is 0. The van der Waals surface area contributed by atoms with Crippen molar-refractivity contribution < 1.29 is 0 Å². The Morgan fingerprint density at radius 1 is 0.857 bits per heavy atom. The molecule has 0 heterocycles. The van der Waals surface area contributed by atoms with E-state index in [1.165, 1.54) is 55.2 Å². The van der Waals surface area contributed by atoms with Crippen LogP contribution in [-0.2, 0) is 5.41 Å². The molecule has 0 heteroatoms. The van der Waals surface area contributed by atoms with Gasteiger partial charge in [-0.1, -0.05) is 75.9 Å². The lowest BCUT2D eigenvalue weighted by Gasteiger charge is -2.32. The second-order valence-electron chi connectivity index (χ2n) is 6.31. The molecule has 109 valence electrons. The van der Waals surface area contributed by atoms with E-state index in [4.69, 9.17) is 0 Å². The number of rotatable bonds is 6. The second kappa shape index (κ2) is 6.05. The first-order valence-corrected chi connectivity index (χ1v) is 8.44. The maximum absolute atomic E-state index is 3.34. The summed E-state index contributed by atoms with van der Waals surface area (Å²) in [6, 6.07) is 19.0. The molecule has 0 N–H and O–H groups in total. The Hall–Kier alpha value is -1.56. The molecule has 1 aliphatic carbocycles. The van der Waals surface area contributed by atoms with E-state index in [-0.39, 0.29) is 5.41 Å². The Balaban J connectivity index is 2.16. The van der Waals surface area contributed by atoms with Gasteiger partial charge in [-0.2, -0.15) is 0 Å². The number of hydrogen-bond acceptors (Lipinski definition) is 0. The summed E-state index contributed by atoms with van der Waals surface area (Å²) in [5.74, 6) is 0. The molecular weight excluding hydrogens is 252 g/mol. The number of fused-ring (bicyclic) bond motifs is 3. The van der Waals surface area contributed by atoms with Gasteiger partial charge in [-0.15, -0.1) is 0 Å². The van der Waals surface area contributed by atoms with Gasteiger partial charge in [0.15, 0.2) is 0 Å². The highest BCUT2D eigenvalue weighted by atomic mass is 14.4. The highest BCUT2D eigenvalue weighted by Gasteiger charge is 2.41. The zero-order valence-electron chi connectivity index (χ0n) is 13.3. The van der Waals surface area contributed by atoms with E-state index in [1.54, 1.807) is 5.56 Å². The molecule has 0 atom stereocenters. The monoisotopic (exact) mass is 277 g/mol. The minimum Gasteiger partial charge on any atom is -0.0654 e. The molecule has 21 heavy (non-hydrogen) atoms. The molecule has 1 radical (unpaired) electrons. The zero-order valence-corrected chi connectivity index (χ0v) is 13.3. The van der Waals surface area contributed by atoms with E-state index in [9.17, 15) is 0 Å². The van der Waals surface area contributed by atoms with Crippen LogP contribution in [0.15, 0.2) is 42.5 Å². The maximum atomic E-state index is 3.34. The third-order valence-electron chi connectivity index (χ3n) is 5.03. The third-order valence-corrected chi connectivity index (χ3v) is 5.03. The molecule has 0 spiro atoms. The Morgan fingerprint density at radius 3 is 2.24 bits per heavy atom. The van der Waals surface area contributed by atoms with Crippen molar-refractivity contribution in [1.29, 1.82) is 0 Å². The van der Waals surface area contributed by atoms with Gasteiger partial charge in [0.25, 0.3) is 0 Å². The van der Waals surface area contributed by atoms with Crippen LogP contribution in [0.3, 0.4) is 0 Å². The van der Waals surface area contributed by atoms with Gasteiger partial charge in [0.2, 0.25) is 0 Å². The minimum absolute atomic E-state index is 0.232. The van der Waals surface area contributed by atoms with Crippen LogP contribution in [0.5, 0.6) is 0 Å². The van der Waals surface area contributed by atoms with Crippen LogP contribution in [0, 0.1) is 6.07 Å². The van der Waals surface area contributed by atoms with Crippen molar-refractivity contribution in [3.8, 4) is 11.1 Å². The van der Waals surface area contributed by atoms with Crippen molar-refractivity contribution in [2.24, 2.45) is 0 Å². The SMILES string of the molecule is CCCCC1(CCCC)c2c[c]ccc2-c2ccccc21. The average Bonchev–Trinajstić information content (AvgIpc) is 2.82. The topological polar surface area (TPSA) is 0 Å².